The van der Waals surface area contributed by atoms with Crippen LogP contribution in [-0.2, 0) is 16.0 Å². The Bertz CT molecular complexity index is 1280. The summed E-state index contributed by atoms with van der Waals surface area (Å²) in [6, 6.07) is 4.11. The lowest BCUT2D eigenvalue weighted by Gasteiger charge is -2.39. The monoisotopic (exact) mass is 528 g/mol. The number of esters is 1. The maximum atomic E-state index is 13.9. The summed E-state index contributed by atoms with van der Waals surface area (Å²) >= 11 is 0. The maximum Gasteiger partial charge on any atom is 0.308 e. The van der Waals surface area contributed by atoms with E-state index >= 15 is 0 Å². The van der Waals surface area contributed by atoms with Gasteiger partial charge in [0, 0.05) is 34.7 Å². The Morgan fingerprint density at radius 2 is 1.68 bits per heavy atom. The minimum Gasteiger partial charge on any atom is -0.507 e. The molecule has 2 aromatic carbocycles. The highest BCUT2D eigenvalue weighted by Crippen LogP contribution is 2.45. The molecule has 1 fully saturated rings. The predicted octanol–water partition coefficient (Wildman–Crippen LogP) is 2.34. The number of hydrogen-bond acceptors (Lipinski definition) is 10. The number of phenolic OH excluding ortho intramolecular Hbond substituents is 1. The van der Waals surface area contributed by atoms with E-state index in [-0.39, 0.29) is 39.3 Å². The number of aliphatic hydroxyl groups excluding tert-OH is 3. The van der Waals surface area contributed by atoms with Crippen molar-refractivity contribution in [3.05, 3.63) is 51.6 Å². The van der Waals surface area contributed by atoms with Gasteiger partial charge in [-0.3, -0.25) is 14.4 Å². The number of ketones is 2. The van der Waals surface area contributed by atoms with Crippen LogP contribution in [0.4, 0.5) is 0 Å². The molecule has 1 aliphatic heterocycles. The van der Waals surface area contributed by atoms with Crippen LogP contribution in [0.15, 0.2) is 18.2 Å². The molecule has 2 aliphatic rings. The second kappa shape index (κ2) is 10.8. The molecule has 38 heavy (non-hydrogen) atoms. The molecule has 1 heterocycles. The number of rotatable bonds is 7. The Hall–Kier alpha value is -3.31. The van der Waals surface area contributed by atoms with Crippen LogP contribution in [0.2, 0.25) is 0 Å². The zero-order chi connectivity index (χ0) is 27.9. The lowest BCUT2D eigenvalue weighted by atomic mass is 9.78. The van der Waals surface area contributed by atoms with Crippen molar-refractivity contribution >= 4 is 17.5 Å². The molecule has 0 amide bonds. The third-order valence-electron chi connectivity index (χ3n) is 7.03. The van der Waals surface area contributed by atoms with Gasteiger partial charge in [0.25, 0.3) is 0 Å². The highest BCUT2D eigenvalue weighted by Gasteiger charge is 2.44. The van der Waals surface area contributed by atoms with Gasteiger partial charge in [0.15, 0.2) is 11.6 Å². The molecule has 4 N–H and O–H groups in total. The van der Waals surface area contributed by atoms with Gasteiger partial charge in [0.05, 0.1) is 11.7 Å². The number of fused-ring (bicyclic) bond motifs is 2. The fraction of sp³-hybridized carbons (Fsp3) is 0.464. The van der Waals surface area contributed by atoms with Crippen LogP contribution in [-0.4, -0.2) is 68.7 Å². The van der Waals surface area contributed by atoms with Gasteiger partial charge < -0.3 is 34.6 Å². The van der Waals surface area contributed by atoms with Crippen LogP contribution in [0.1, 0.15) is 83.0 Å². The highest BCUT2D eigenvalue weighted by atomic mass is 16.7. The molecule has 1 saturated heterocycles. The summed E-state index contributed by atoms with van der Waals surface area (Å²) in [6.07, 6.45) is -4.15. The maximum absolute atomic E-state index is 13.9. The molecule has 2 aromatic rings. The van der Waals surface area contributed by atoms with E-state index in [1.165, 1.54) is 39.0 Å². The average molecular weight is 529 g/mol. The van der Waals surface area contributed by atoms with Crippen LogP contribution in [0.3, 0.4) is 0 Å². The fourth-order valence-electron chi connectivity index (χ4n) is 4.96. The van der Waals surface area contributed by atoms with Crippen molar-refractivity contribution in [3.63, 3.8) is 0 Å². The molecular weight excluding hydrogens is 496 g/mol. The molecule has 4 rings (SSSR count). The first-order valence-electron chi connectivity index (χ1n) is 12.6. The van der Waals surface area contributed by atoms with Crippen molar-refractivity contribution in [3.8, 4) is 17.2 Å². The van der Waals surface area contributed by atoms with Crippen molar-refractivity contribution in [1.82, 2.24) is 0 Å². The molecule has 0 radical (unpaired) electrons. The molecule has 5 atom stereocenters. The quantitative estimate of drug-likeness (QED) is 0.204. The zero-order valence-corrected chi connectivity index (χ0v) is 21.7. The molecule has 0 aromatic heterocycles. The summed E-state index contributed by atoms with van der Waals surface area (Å²) in [5, 5.41) is 42.0. The van der Waals surface area contributed by atoms with Gasteiger partial charge >= 0.3 is 5.97 Å². The Balaban J connectivity index is 1.87. The first-order chi connectivity index (χ1) is 18.0. The third-order valence-corrected chi connectivity index (χ3v) is 7.03. The van der Waals surface area contributed by atoms with Crippen LogP contribution in [0.25, 0.3) is 0 Å². The highest BCUT2D eigenvalue weighted by molar-refractivity contribution is 6.30. The predicted molar refractivity (Wildman–Crippen MR) is 134 cm³/mol. The largest absolute Gasteiger partial charge is 0.507 e. The molecule has 0 spiro atoms. The van der Waals surface area contributed by atoms with E-state index in [9.17, 15) is 34.8 Å². The Morgan fingerprint density at radius 1 is 1.00 bits per heavy atom. The molecule has 204 valence electrons. The molecule has 0 bridgehead atoms. The molecular formula is C28H32O10. The topological polar surface area (TPSA) is 160 Å². The molecule has 0 saturated carbocycles. The SMILES string of the molecule is CCCCCc1c(OC2OC(C)C(O)C(O)C2O)c(C)c(O)c2c1C(=O)c1cc(OC(C)=O)ccc1C2=O. The second-order valence-electron chi connectivity index (χ2n) is 9.75. The minimum absolute atomic E-state index is 0.0216. The summed E-state index contributed by atoms with van der Waals surface area (Å²) in [7, 11) is 0. The van der Waals surface area contributed by atoms with E-state index < -0.39 is 54.0 Å². The number of aliphatic hydroxyl groups is 3. The van der Waals surface area contributed by atoms with Gasteiger partial charge in [0.2, 0.25) is 6.29 Å². The normalized spacial score (nSPS) is 24.6. The summed E-state index contributed by atoms with van der Waals surface area (Å²) < 4.78 is 16.7. The minimum atomic E-state index is -1.62. The van der Waals surface area contributed by atoms with E-state index in [1.54, 1.807) is 0 Å². The van der Waals surface area contributed by atoms with E-state index in [1.807, 2.05) is 6.92 Å². The number of benzene rings is 2. The number of ether oxygens (including phenoxy) is 3. The van der Waals surface area contributed by atoms with Gasteiger partial charge in [-0.2, -0.15) is 0 Å². The number of carbonyl (C=O) groups is 3. The molecule has 10 nitrogen and oxygen atoms in total. The summed E-state index contributed by atoms with van der Waals surface area (Å²) in [5.74, 6) is -1.99. The van der Waals surface area contributed by atoms with E-state index in [0.29, 0.717) is 18.4 Å². The Kier molecular flexibility index (Phi) is 7.89. The van der Waals surface area contributed by atoms with Crippen molar-refractivity contribution in [1.29, 1.82) is 0 Å². The molecule has 10 heteroatoms. The number of hydrogen-bond donors (Lipinski definition) is 4. The summed E-state index contributed by atoms with van der Waals surface area (Å²) in [5.41, 5.74) is 0.436. The first kappa shape index (κ1) is 27.7. The van der Waals surface area contributed by atoms with E-state index in [2.05, 4.69) is 0 Å². The van der Waals surface area contributed by atoms with Crippen LogP contribution in [0.5, 0.6) is 17.2 Å². The van der Waals surface area contributed by atoms with Gasteiger partial charge in [-0.15, -0.1) is 0 Å². The van der Waals surface area contributed by atoms with Gasteiger partial charge in [-0.25, -0.2) is 0 Å². The van der Waals surface area contributed by atoms with Crippen LogP contribution >= 0.6 is 0 Å². The van der Waals surface area contributed by atoms with Gasteiger partial charge in [-0.05, 0) is 44.9 Å². The molecule has 1 aliphatic carbocycles. The number of carbonyl (C=O) groups excluding carboxylic acids is 3. The van der Waals surface area contributed by atoms with Gasteiger partial charge in [0.1, 0.15) is 35.6 Å². The smallest absolute Gasteiger partial charge is 0.308 e. The fourth-order valence-corrected chi connectivity index (χ4v) is 4.96. The molecule has 5 unspecified atom stereocenters. The third kappa shape index (κ3) is 4.80. The van der Waals surface area contributed by atoms with Crippen molar-refractivity contribution < 1.29 is 49.0 Å². The number of aromatic hydroxyl groups is 1. The summed E-state index contributed by atoms with van der Waals surface area (Å²) in [4.78, 5) is 38.8. The summed E-state index contributed by atoms with van der Waals surface area (Å²) in [6.45, 7) is 6.26. The van der Waals surface area contributed by atoms with E-state index in [4.69, 9.17) is 14.2 Å². The van der Waals surface area contributed by atoms with Crippen molar-refractivity contribution in [2.24, 2.45) is 0 Å². The van der Waals surface area contributed by atoms with E-state index in [0.717, 1.165) is 12.8 Å². The van der Waals surface area contributed by atoms with Crippen molar-refractivity contribution in [2.75, 3.05) is 0 Å². The number of phenols is 1. The standard InChI is InChI=1S/C28H32O10/c1-5-6-7-8-17-19-20(23(32)16-10-9-15(37-14(4)29)11-18(16)24(19)33)21(30)12(2)27(17)38-28-26(35)25(34)22(31)13(3)36-28/h9-11,13,22,25-26,28,30-31,34-35H,5-8H2,1-4H3. The van der Waals surface area contributed by atoms with Crippen LogP contribution in [0, 0.1) is 6.92 Å². The average Bonchev–Trinajstić information content (AvgIpc) is 2.87. The zero-order valence-electron chi connectivity index (χ0n) is 21.7. The Morgan fingerprint density at radius 3 is 2.34 bits per heavy atom. The van der Waals surface area contributed by atoms with Gasteiger partial charge in [-0.1, -0.05) is 19.8 Å². The van der Waals surface area contributed by atoms with Crippen LogP contribution < -0.4 is 9.47 Å². The first-order valence-corrected chi connectivity index (χ1v) is 12.6. The number of unbranched alkanes of at least 4 members (excludes halogenated alkanes) is 2. The lowest BCUT2D eigenvalue weighted by Crippen LogP contribution is -2.58. The van der Waals surface area contributed by atoms with Crippen molar-refractivity contribution in [2.45, 2.75) is 84.1 Å². The Labute approximate surface area is 219 Å². The lowest BCUT2D eigenvalue weighted by molar-refractivity contribution is -0.268. The second-order valence-corrected chi connectivity index (χ2v) is 9.75.